The summed E-state index contributed by atoms with van der Waals surface area (Å²) in [6.45, 7) is 4.40. The van der Waals surface area contributed by atoms with Gasteiger partial charge < -0.3 is 10.1 Å². The van der Waals surface area contributed by atoms with Gasteiger partial charge in [0.15, 0.2) is 5.82 Å². The van der Waals surface area contributed by atoms with Crippen LogP contribution in [0.15, 0.2) is 12.3 Å². The second-order valence-corrected chi connectivity index (χ2v) is 7.73. The normalized spacial score (nSPS) is 22.7. The Kier molecular flexibility index (Phi) is 5.60. The first kappa shape index (κ1) is 17.7. The van der Waals surface area contributed by atoms with Crippen LogP contribution in [0.4, 0.5) is 10.6 Å². The minimum Gasteiger partial charge on any atom is -0.373 e. The molecule has 23 heavy (non-hydrogen) atoms. The summed E-state index contributed by atoms with van der Waals surface area (Å²) >= 11 is 0. The summed E-state index contributed by atoms with van der Waals surface area (Å²) in [6.07, 6.45) is 1.43. The number of amides is 2. The van der Waals surface area contributed by atoms with E-state index in [1.165, 1.54) is 4.31 Å². The highest BCUT2D eigenvalue weighted by atomic mass is 32.2. The van der Waals surface area contributed by atoms with Gasteiger partial charge >= 0.3 is 6.03 Å². The maximum absolute atomic E-state index is 12.3. The first-order chi connectivity index (χ1) is 10.8. The van der Waals surface area contributed by atoms with Gasteiger partial charge in [0.05, 0.1) is 18.0 Å². The second kappa shape index (κ2) is 7.28. The standard InChI is InChI=1S/C13H23N5O4S/c1-10-8-18(9-11(2)22-10)23(20,21)7-5-14-13(19)15-12-4-6-17(3)16-12/h4,6,10-11H,5,7-9H2,1-3H3,(H2,14,15,16,19)/t10-,11-/m0/s1. The number of carbonyl (C=O) groups excluding carboxylic acids is 1. The lowest BCUT2D eigenvalue weighted by atomic mass is 10.3. The number of hydrogen-bond donors (Lipinski definition) is 2. The van der Waals surface area contributed by atoms with E-state index < -0.39 is 16.1 Å². The smallest absolute Gasteiger partial charge is 0.320 e. The lowest BCUT2D eigenvalue weighted by Crippen LogP contribution is -2.49. The zero-order valence-corrected chi connectivity index (χ0v) is 14.3. The number of sulfonamides is 1. The Hall–Kier alpha value is -1.65. The molecule has 0 aromatic carbocycles. The highest BCUT2D eigenvalue weighted by Crippen LogP contribution is 2.14. The maximum Gasteiger partial charge on any atom is 0.320 e. The minimum absolute atomic E-state index is 0.0289. The maximum atomic E-state index is 12.3. The average molecular weight is 345 g/mol. The van der Waals surface area contributed by atoms with Crippen molar-refractivity contribution < 1.29 is 17.9 Å². The molecule has 1 aromatic rings. The van der Waals surface area contributed by atoms with Crippen LogP contribution in [-0.2, 0) is 21.8 Å². The third-order valence-corrected chi connectivity index (χ3v) is 5.19. The molecule has 1 fully saturated rings. The van der Waals surface area contributed by atoms with Crippen molar-refractivity contribution in [3.8, 4) is 0 Å². The van der Waals surface area contributed by atoms with E-state index >= 15 is 0 Å². The molecule has 1 aromatic heterocycles. The topological polar surface area (TPSA) is 106 Å². The number of nitrogens with zero attached hydrogens (tertiary/aromatic N) is 3. The second-order valence-electron chi connectivity index (χ2n) is 5.65. The number of anilines is 1. The first-order valence-corrected chi connectivity index (χ1v) is 9.05. The van der Waals surface area contributed by atoms with Gasteiger partial charge in [-0.15, -0.1) is 0 Å². The van der Waals surface area contributed by atoms with Gasteiger partial charge in [0, 0.05) is 38.9 Å². The van der Waals surface area contributed by atoms with Crippen molar-refractivity contribution in [3.05, 3.63) is 12.3 Å². The largest absolute Gasteiger partial charge is 0.373 e. The van der Waals surface area contributed by atoms with Crippen molar-refractivity contribution in [1.82, 2.24) is 19.4 Å². The third-order valence-electron chi connectivity index (χ3n) is 3.38. The predicted molar refractivity (Wildman–Crippen MR) is 85.6 cm³/mol. The van der Waals surface area contributed by atoms with Crippen LogP contribution in [0.5, 0.6) is 0 Å². The molecule has 2 rings (SSSR count). The van der Waals surface area contributed by atoms with Crippen LogP contribution < -0.4 is 10.6 Å². The molecule has 0 aliphatic carbocycles. The summed E-state index contributed by atoms with van der Waals surface area (Å²) in [7, 11) is -1.69. The number of carbonyl (C=O) groups is 1. The summed E-state index contributed by atoms with van der Waals surface area (Å²) in [6, 6.07) is 1.16. The van der Waals surface area contributed by atoms with Crippen LogP contribution in [0.3, 0.4) is 0 Å². The average Bonchev–Trinajstić information content (AvgIpc) is 2.82. The van der Waals surface area contributed by atoms with Crippen molar-refractivity contribution in [2.45, 2.75) is 26.1 Å². The highest BCUT2D eigenvalue weighted by molar-refractivity contribution is 7.89. The Morgan fingerprint density at radius 1 is 1.39 bits per heavy atom. The van der Waals surface area contributed by atoms with Crippen molar-refractivity contribution in [3.63, 3.8) is 0 Å². The van der Waals surface area contributed by atoms with Crippen LogP contribution >= 0.6 is 0 Å². The number of aryl methyl sites for hydroxylation is 1. The molecule has 0 spiro atoms. The summed E-state index contributed by atoms with van der Waals surface area (Å²) in [5.41, 5.74) is 0. The van der Waals surface area contributed by atoms with Gasteiger partial charge in [-0.3, -0.25) is 10.00 Å². The number of morpholine rings is 1. The Labute approximate surface area is 136 Å². The van der Waals surface area contributed by atoms with E-state index in [1.54, 1.807) is 24.0 Å². The molecular formula is C13H23N5O4S. The number of nitrogens with one attached hydrogen (secondary N) is 2. The summed E-state index contributed by atoms with van der Waals surface area (Å²) < 4.78 is 33.1. The lowest BCUT2D eigenvalue weighted by molar-refractivity contribution is -0.0440. The van der Waals surface area contributed by atoms with Crippen LogP contribution in [0.1, 0.15) is 13.8 Å². The SMILES string of the molecule is C[C@H]1CN(S(=O)(=O)CCNC(=O)Nc2ccn(C)n2)C[C@H](C)O1. The van der Waals surface area contributed by atoms with Crippen LogP contribution in [0.2, 0.25) is 0 Å². The lowest BCUT2D eigenvalue weighted by Gasteiger charge is -2.34. The Morgan fingerprint density at radius 3 is 2.61 bits per heavy atom. The van der Waals surface area contributed by atoms with Crippen LogP contribution in [-0.4, -0.2) is 66.1 Å². The Balaban J connectivity index is 1.79. The molecule has 2 heterocycles. The molecule has 1 aliphatic heterocycles. The molecule has 2 amide bonds. The first-order valence-electron chi connectivity index (χ1n) is 7.44. The van der Waals surface area contributed by atoms with Gasteiger partial charge in [-0.1, -0.05) is 0 Å². The quantitative estimate of drug-likeness (QED) is 0.780. The Morgan fingerprint density at radius 2 is 2.04 bits per heavy atom. The highest BCUT2D eigenvalue weighted by Gasteiger charge is 2.30. The molecule has 10 heteroatoms. The number of hydrogen-bond acceptors (Lipinski definition) is 5. The number of aromatic nitrogens is 2. The van der Waals surface area contributed by atoms with E-state index in [1.807, 2.05) is 13.8 Å². The Bertz CT molecular complexity index is 635. The van der Waals surface area contributed by atoms with E-state index in [9.17, 15) is 13.2 Å². The molecule has 0 unspecified atom stereocenters. The van der Waals surface area contributed by atoms with Gasteiger partial charge in [0.1, 0.15) is 0 Å². The molecule has 1 aliphatic rings. The van der Waals surface area contributed by atoms with Crippen molar-refractivity contribution in [1.29, 1.82) is 0 Å². The minimum atomic E-state index is -3.42. The molecule has 1 saturated heterocycles. The molecule has 0 saturated carbocycles. The molecule has 130 valence electrons. The van der Waals surface area contributed by atoms with E-state index in [-0.39, 0.29) is 24.5 Å². The van der Waals surface area contributed by atoms with E-state index in [2.05, 4.69) is 15.7 Å². The molecular weight excluding hydrogens is 322 g/mol. The fourth-order valence-electron chi connectivity index (χ4n) is 2.42. The summed E-state index contributed by atoms with van der Waals surface area (Å²) in [5, 5.41) is 9.06. The van der Waals surface area contributed by atoms with Gasteiger partial charge in [-0.05, 0) is 13.8 Å². The summed E-state index contributed by atoms with van der Waals surface area (Å²) in [5.74, 6) is 0.255. The van der Waals surface area contributed by atoms with Crippen molar-refractivity contribution in [2.75, 3.05) is 30.7 Å². The van der Waals surface area contributed by atoms with Gasteiger partial charge in [-0.25, -0.2) is 13.2 Å². The third kappa shape index (κ3) is 5.19. The molecule has 0 radical (unpaired) electrons. The van der Waals surface area contributed by atoms with Gasteiger partial charge in [0.25, 0.3) is 0 Å². The number of rotatable bonds is 5. The molecule has 9 nitrogen and oxygen atoms in total. The van der Waals surface area contributed by atoms with Crippen LogP contribution in [0, 0.1) is 0 Å². The zero-order chi connectivity index (χ0) is 17.0. The fourth-order valence-corrected chi connectivity index (χ4v) is 3.92. The zero-order valence-electron chi connectivity index (χ0n) is 13.5. The molecule has 2 atom stereocenters. The van der Waals surface area contributed by atoms with Crippen molar-refractivity contribution in [2.24, 2.45) is 7.05 Å². The van der Waals surface area contributed by atoms with Gasteiger partial charge in [0.2, 0.25) is 10.0 Å². The monoisotopic (exact) mass is 345 g/mol. The van der Waals surface area contributed by atoms with Crippen molar-refractivity contribution >= 4 is 21.9 Å². The number of urea groups is 1. The van der Waals surface area contributed by atoms with E-state index in [0.717, 1.165) is 0 Å². The van der Waals surface area contributed by atoms with E-state index in [0.29, 0.717) is 18.9 Å². The van der Waals surface area contributed by atoms with Gasteiger partial charge in [-0.2, -0.15) is 9.40 Å². The molecule has 0 bridgehead atoms. The summed E-state index contributed by atoms with van der Waals surface area (Å²) in [4.78, 5) is 11.7. The van der Waals surface area contributed by atoms with E-state index in [4.69, 9.17) is 4.74 Å². The fraction of sp³-hybridized carbons (Fsp3) is 0.692. The predicted octanol–water partition coefficient (Wildman–Crippen LogP) is -0.0194. The number of ether oxygens (including phenoxy) is 1. The molecule has 2 N–H and O–H groups in total. The van der Waals surface area contributed by atoms with Crippen LogP contribution in [0.25, 0.3) is 0 Å².